The van der Waals surface area contributed by atoms with E-state index in [0.29, 0.717) is 23.4 Å². The highest BCUT2D eigenvalue weighted by molar-refractivity contribution is 9.10. The lowest BCUT2D eigenvalue weighted by Gasteiger charge is -2.11. The molecule has 2 amide bonds. The molecule has 5 heteroatoms. The van der Waals surface area contributed by atoms with Gasteiger partial charge in [0.05, 0.1) is 11.3 Å². The molecule has 0 aliphatic heterocycles. The molecule has 2 N–H and O–H groups in total. The van der Waals surface area contributed by atoms with Gasteiger partial charge in [0.2, 0.25) is 0 Å². The molecule has 0 bridgehead atoms. The molecule has 0 saturated heterocycles. The first-order chi connectivity index (χ1) is 10.5. The smallest absolute Gasteiger partial charge is 0.255 e. The summed E-state index contributed by atoms with van der Waals surface area (Å²) in [6, 6.07) is 12.3. The summed E-state index contributed by atoms with van der Waals surface area (Å²) in [7, 11) is 0. The molecule has 0 unspecified atom stereocenters. The van der Waals surface area contributed by atoms with Crippen LogP contribution in [0.4, 0.5) is 5.69 Å². The van der Waals surface area contributed by atoms with Crippen molar-refractivity contribution < 1.29 is 9.59 Å². The van der Waals surface area contributed by atoms with Gasteiger partial charge in [0.15, 0.2) is 0 Å². The lowest BCUT2D eigenvalue weighted by Crippen LogP contribution is -2.24. The summed E-state index contributed by atoms with van der Waals surface area (Å²) in [6.07, 6.45) is 0. The van der Waals surface area contributed by atoms with Crippen LogP contribution in [0.5, 0.6) is 0 Å². The lowest BCUT2D eigenvalue weighted by atomic mass is 10.1. The zero-order chi connectivity index (χ0) is 16.1. The topological polar surface area (TPSA) is 58.2 Å². The molecule has 0 heterocycles. The molecule has 0 saturated carbocycles. The van der Waals surface area contributed by atoms with Crippen molar-refractivity contribution in [1.29, 1.82) is 0 Å². The largest absolute Gasteiger partial charge is 0.352 e. The van der Waals surface area contributed by atoms with Gasteiger partial charge in [0, 0.05) is 16.6 Å². The minimum atomic E-state index is -0.252. The van der Waals surface area contributed by atoms with Crippen molar-refractivity contribution in [3.05, 3.63) is 63.6 Å². The molecule has 0 aliphatic carbocycles. The molecule has 22 heavy (non-hydrogen) atoms. The van der Waals surface area contributed by atoms with Crippen LogP contribution in [0, 0.1) is 6.92 Å². The second-order valence-electron chi connectivity index (χ2n) is 4.82. The minimum Gasteiger partial charge on any atom is -0.352 e. The first kappa shape index (κ1) is 16.2. The third-order valence-electron chi connectivity index (χ3n) is 3.19. The summed E-state index contributed by atoms with van der Waals surface area (Å²) in [5.41, 5.74) is 2.53. The van der Waals surface area contributed by atoms with E-state index in [1.165, 1.54) is 0 Å². The number of carbonyl (C=O) groups is 2. The molecular weight excluding hydrogens is 344 g/mol. The maximum atomic E-state index is 12.3. The van der Waals surface area contributed by atoms with E-state index in [4.69, 9.17) is 0 Å². The van der Waals surface area contributed by atoms with Crippen molar-refractivity contribution >= 4 is 33.4 Å². The number of rotatable bonds is 4. The van der Waals surface area contributed by atoms with Crippen LogP contribution >= 0.6 is 15.9 Å². The van der Waals surface area contributed by atoms with Gasteiger partial charge in [-0.1, -0.05) is 34.1 Å². The third-order valence-corrected chi connectivity index (χ3v) is 4.05. The molecule has 0 aliphatic rings. The van der Waals surface area contributed by atoms with Crippen molar-refractivity contribution in [1.82, 2.24) is 5.32 Å². The van der Waals surface area contributed by atoms with Gasteiger partial charge in [0.1, 0.15) is 0 Å². The maximum Gasteiger partial charge on any atom is 0.255 e. The Morgan fingerprint density at radius 3 is 2.50 bits per heavy atom. The van der Waals surface area contributed by atoms with Crippen LogP contribution in [0.15, 0.2) is 46.9 Å². The number of para-hydroxylation sites is 1. The Labute approximate surface area is 138 Å². The average Bonchev–Trinajstić information content (AvgIpc) is 2.50. The number of carbonyl (C=O) groups excluding carboxylic acids is 2. The van der Waals surface area contributed by atoms with Gasteiger partial charge in [-0.05, 0) is 43.7 Å². The number of benzene rings is 2. The fourth-order valence-corrected chi connectivity index (χ4v) is 2.35. The van der Waals surface area contributed by atoms with Crippen LogP contribution < -0.4 is 10.6 Å². The molecule has 2 aromatic carbocycles. The predicted octanol–water partition coefficient (Wildman–Crippen LogP) is 3.76. The number of nitrogens with one attached hydrogen (secondary N) is 2. The monoisotopic (exact) mass is 360 g/mol. The third kappa shape index (κ3) is 3.74. The summed E-state index contributed by atoms with van der Waals surface area (Å²) >= 11 is 3.41. The van der Waals surface area contributed by atoms with Crippen LogP contribution in [0.25, 0.3) is 0 Å². The summed E-state index contributed by atoms with van der Waals surface area (Å²) in [4.78, 5) is 24.4. The molecule has 114 valence electrons. The molecule has 2 aromatic rings. The molecule has 0 radical (unpaired) electrons. The molecule has 0 atom stereocenters. The van der Waals surface area contributed by atoms with Crippen LogP contribution in [0.2, 0.25) is 0 Å². The zero-order valence-electron chi connectivity index (χ0n) is 12.4. The van der Waals surface area contributed by atoms with E-state index in [-0.39, 0.29) is 11.8 Å². The fourth-order valence-electron chi connectivity index (χ4n) is 1.97. The number of halogens is 1. The van der Waals surface area contributed by atoms with Gasteiger partial charge in [-0.15, -0.1) is 0 Å². The van der Waals surface area contributed by atoms with E-state index in [0.717, 1.165) is 10.0 Å². The Kier molecular flexibility index (Phi) is 5.33. The molecular formula is C17H17BrN2O2. The quantitative estimate of drug-likeness (QED) is 0.871. The zero-order valence-corrected chi connectivity index (χ0v) is 14.0. The van der Waals surface area contributed by atoms with Crippen LogP contribution in [0.3, 0.4) is 0 Å². The van der Waals surface area contributed by atoms with Crippen LogP contribution in [-0.4, -0.2) is 18.4 Å². The van der Waals surface area contributed by atoms with Gasteiger partial charge in [-0.2, -0.15) is 0 Å². The van der Waals surface area contributed by atoms with Gasteiger partial charge < -0.3 is 10.6 Å². The van der Waals surface area contributed by atoms with E-state index >= 15 is 0 Å². The van der Waals surface area contributed by atoms with Gasteiger partial charge in [-0.25, -0.2) is 0 Å². The minimum absolute atomic E-state index is 0.205. The molecule has 0 fully saturated rings. The number of hydrogen-bond donors (Lipinski definition) is 2. The van der Waals surface area contributed by atoms with Gasteiger partial charge in [-0.3, -0.25) is 9.59 Å². The Morgan fingerprint density at radius 1 is 1.09 bits per heavy atom. The highest BCUT2D eigenvalue weighted by atomic mass is 79.9. The van der Waals surface area contributed by atoms with Crippen LogP contribution in [-0.2, 0) is 0 Å². The first-order valence-electron chi connectivity index (χ1n) is 6.97. The summed E-state index contributed by atoms with van der Waals surface area (Å²) in [5.74, 6) is -0.457. The summed E-state index contributed by atoms with van der Waals surface area (Å²) in [6.45, 7) is 4.34. The number of amides is 2. The Balaban J connectivity index is 2.25. The van der Waals surface area contributed by atoms with Crippen molar-refractivity contribution in [3.63, 3.8) is 0 Å². The van der Waals surface area contributed by atoms with Crippen LogP contribution in [0.1, 0.15) is 33.2 Å². The standard InChI is InChI=1S/C17H17BrN2O2/c1-3-19-17(22)13-6-4-5-7-15(13)20-16(21)12-9-8-11(2)14(18)10-12/h4-10H,3H2,1-2H3,(H,19,22)(H,20,21). The van der Waals surface area contributed by atoms with E-state index in [9.17, 15) is 9.59 Å². The Hall–Kier alpha value is -2.14. The van der Waals surface area contributed by atoms with E-state index in [1.54, 1.807) is 36.4 Å². The first-order valence-corrected chi connectivity index (χ1v) is 7.77. The molecule has 4 nitrogen and oxygen atoms in total. The van der Waals surface area contributed by atoms with Crippen molar-refractivity contribution in [3.8, 4) is 0 Å². The molecule has 2 rings (SSSR count). The maximum absolute atomic E-state index is 12.3. The summed E-state index contributed by atoms with van der Waals surface area (Å²) < 4.78 is 0.872. The van der Waals surface area contributed by atoms with Gasteiger partial charge in [0.25, 0.3) is 11.8 Å². The van der Waals surface area contributed by atoms with Crippen molar-refractivity contribution in [2.45, 2.75) is 13.8 Å². The Morgan fingerprint density at radius 2 is 1.82 bits per heavy atom. The second-order valence-corrected chi connectivity index (χ2v) is 5.68. The highest BCUT2D eigenvalue weighted by Crippen LogP contribution is 2.20. The number of hydrogen-bond acceptors (Lipinski definition) is 2. The summed E-state index contributed by atoms with van der Waals surface area (Å²) in [5, 5.41) is 5.53. The lowest BCUT2D eigenvalue weighted by molar-refractivity contribution is 0.0956. The van der Waals surface area contributed by atoms with Crippen molar-refractivity contribution in [2.24, 2.45) is 0 Å². The Bertz CT molecular complexity index is 714. The predicted molar refractivity (Wildman–Crippen MR) is 91.3 cm³/mol. The SMILES string of the molecule is CCNC(=O)c1ccccc1NC(=O)c1ccc(C)c(Br)c1. The number of anilines is 1. The van der Waals surface area contributed by atoms with Gasteiger partial charge >= 0.3 is 0 Å². The van der Waals surface area contributed by atoms with E-state index in [1.807, 2.05) is 19.9 Å². The van der Waals surface area contributed by atoms with E-state index in [2.05, 4.69) is 26.6 Å². The number of aryl methyl sites for hydroxylation is 1. The highest BCUT2D eigenvalue weighted by Gasteiger charge is 2.13. The molecule has 0 aromatic heterocycles. The molecule has 0 spiro atoms. The van der Waals surface area contributed by atoms with E-state index < -0.39 is 0 Å². The second kappa shape index (κ2) is 7.22. The average molecular weight is 361 g/mol. The van der Waals surface area contributed by atoms with Crippen molar-refractivity contribution in [2.75, 3.05) is 11.9 Å². The normalized spacial score (nSPS) is 10.1. The fraction of sp³-hybridized carbons (Fsp3) is 0.176.